The minimum Gasteiger partial charge on any atom is -0.494 e. The smallest absolute Gasteiger partial charge is 0.168 e. The van der Waals surface area contributed by atoms with Crippen LogP contribution in [0.4, 0.5) is 8.78 Å². The van der Waals surface area contributed by atoms with E-state index >= 15 is 0 Å². The standard InChI is InChI=1S/C20H21ClF2O3/c1-12(6-7-24)8-15-16(11-25)14(10-18(26-2)20(15)23)9-13-4-3-5-17(21)19(13)22/h3-5,10-12,24H,6-9H2,1-2H3/t12-/m0/s1. The summed E-state index contributed by atoms with van der Waals surface area (Å²) in [7, 11) is 1.34. The molecule has 0 aliphatic carbocycles. The second kappa shape index (κ2) is 9.10. The summed E-state index contributed by atoms with van der Waals surface area (Å²) < 4.78 is 34.1. The molecule has 0 aliphatic heterocycles. The minimum absolute atomic E-state index is 0.000709. The van der Waals surface area contributed by atoms with Crippen molar-refractivity contribution < 1.29 is 23.4 Å². The fourth-order valence-corrected chi connectivity index (χ4v) is 3.16. The molecule has 0 aliphatic rings. The maximum atomic E-state index is 14.7. The van der Waals surface area contributed by atoms with Crippen molar-refractivity contribution in [3.63, 3.8) is 0 Å². The quantitative estimate of drug-likeness (QED) is 0.679. The predicted octanol–water partition coefficient (Wildman–Crippen LogP) is 4.59. The molecule has 0 heterocycles. The zero-order chi connectivity index (χ0) is 19.3. The van der Waals surface area contributed by atoms with Crippen LogP contribution in [0.3, 0.4) is 0 Å². The molecule has 0 bridgehead atoms. The van der Waals surface area contributed by atoms with Crippen LogP contribution in [0.25, 0.3) is 0 Å². The summed E-state index contributed by atoms with van der Waals surface area (Å²) in [6, 6.07) is 6.04. The summed E-state index contributed by atoms with van der Waals surface area (Å²) in [5.74, 6) is -1.20. The zero-order valence-electron chi connectivity index (χ0n) is 14.7. The summed E-state index contributed by atoms with van der Waals surface area (Å²) in [6.07, 6.45) is 1.41. The molecule has 0 spiro atoms. The first-order valence-corrected chi connectivity index (χ1v) is 8.67. The normalized spacial score (nSPS) is 12.1. The first-order chi connectivity index (χ1) is 12.4. The van der Waals surface area contributed by atoms with Crippen LogP contribution in [0.2, 0.25) is 5.02 Å². The van der Waals surface area contributed by atoms with Gasteiger partial charge in [-0.15, -0.1) is 0 Å². The Labute approximate surface area is 156 Å². The number of halogens is 3. The molecule has 0 radical (unpaired) electrons. The number of aldehydes is 1. The molecule has 0 saturated carbocycles. The number of rotatable bonds is 8. The molecule has 140 valence electrons. The second-order valence-corrected chi connectivity index (χ2v) is 6.68. The Kier molecular flexibility index (Phi) is 7.12. The van der Waals surface area contributed by atoms with Gasteiger partial charge in [0.2, 0.25) is 0 Å². The van der Waals surface area contributed by atoms with E-state index in [0.717, 1.165) is 0 Å². The first kappa shape index (κ1) is 20.3. The van der Waals surface area contributed by atoms with Gasteiger partial charge in [0.1, 0.15) is 5.82 Å². The monoisotopic (exact) mass is 382 g/mol. The predicted molar refractivity (Wildman–Crippen MR) is 97.1 cm³/mol. The Bertz CT molecular complexity index is 793. The maximum Gasteiger partial charge on any atom is 0.168 e. The third-order valence-electron chi connectivity index (χ3n) is 4.38. The van der Waals surface area contributed by atoms with Crippen LogP contribution < -0.4 is 4.74 Å². The van der Waals surface area contributed by atoms with E-state index in [-0.39, 0.29) is 47.3 Å². The Morgan fingerprint density at radius 3 is 2.62 bits per heavy atom. The van der Waals surface area contributed by atoms with Crippen molar-refractivity contribution in [2.75, 3.05) is 13.7 Å². The highest BCUT2D eigenvalue weighted by atomic mass is 35.5. The lowest BCUT2D eigenvalue weighted by atomic mass is 9.89. The van der Waals surface area contributed by atoms with Crippen LogP contribution in [0.5, 0.6) is 5.75 Å². The van der Waals surface area contributed by atoms with Crippen molar-refractivity contribution in [3.05, 3.63) is 63.2 Å². The molecule has 0 amide bonds. The molecular formula is C20H21ClF2O3. The van der Waals surface area contributed by atoms with E-state index in [0.29, 0.717) is 23.8 Å². The number of benzene rings is 2. The number of aliphatic hydroxyl groups is 1. The summed E-state index contributed by atoms with van der Waals surface area (Å²) in [4.78, 5) is 11.7. The molecular weight excluding hydrogens is 362 g/mol. The average Bonchev–Trinajstić information content (AvgIpc) is 2.61. The zero-order valence-corrected chi connectivity index (χ0v) is 15.4. The molecule has 2 aromatic carbocycles. The third-order valence-corrected chi connectivity index (χ3v) is 4.67. The molecule has 2 rings (SSSR count). The third kappa shape index (κ3) is 4.40. The Hall–Kier alpha value is -1.98. The van der Waals surface area contributed by atoms with E-state index in [1.54, 1.807) is 12.1 Å². The molecule has 1 N–H and O–H groups in total. The van der Waals surface area contributed by atoms with Gasteiger partial charge in [0, 0.05) is 24.2 Å². The van der Waals surface area contributed by atoms with Crippen LogP contribution in [-0.2, 0) is 12.8 Å². The molecule has 1 atom stereocenters. The Balaban J connectivity index is 2.54. The van der Waals surface area contributed by atoms with Gasteiger partial charge in [-0.05, 0) is 42.0 Å². The molecule has 0 fully saturated rings. The van der Waals surface area contributed by atoms with Crippen LogP contribution >= 0.6 is 11.6 Å². The summed E-state index contributed by atoms with van der Waals surface area (Å²) in [5, 5.41) is 9.06. The molecule has 3 nitrogen and oxygen atoms in total. The first-order valence-electron chi connectivity index (χ1n) is 8.30. The van der Waals surface area contributed by atoms with Crippen molar-refractivity contribution in [1.29, 1.82) is 0 Å². The van der Waals surface area contributed by atoms with Gasteiger partial charge < -0.3 is 9.84 Å². The number of carbonyl (C=O) groups excluding carboxylic acids is 1. The minimum atomic E-state index is -0.602. The van der Waals surface area contributed by atoms with E-state index in [1.807, 2.05) is 6.92 Å². The van der Waals surface area contributed by atoms with E-state index < -0.39 is 11.6 Å². The van der Waals surface area contributed by atoms with Gasteiger partial charge in [-0.1, -0.05) is 30.7 Å². The number of ether oxygens (including phenoxy) is 1. The lowest BCUT2D eigenvalue weighted by Crippen LogP contribution is -2.11. The SMILES string of the molecule is COc1cc(Cc2cccc(Cl)c2F)c(C=O)c(C[C@@H](C)CCO)c1F. The van der Waals surface area contributed by atoms with E-state index in [1.165, 1.54) is 19.2 Å². The highest BCUT2D eigenvalue weighted by Crippen LogP contribution is 2.31. The summed E-state index contributed by atoms with van der Waals surface area (Å²) >= 11 is 5.82. The number of carbonyl (C=O) groups is 1. The van der Waals surface area contributed by atoms with Gasteiger partial charge in [0.05, 0.1) is 12.1 Å². The van der Waals surface area contributed by atoms with Crippen molar-refractivity contribution in [3.8, 4) is 5.75 Å². The average molecular weight is 383 g/mol. The van der Waals surface area contributed by atoms with Crippen molar-refractivity contribution in [2.24, 2.45) is 5.92 Å². The summed E-state index contributed by atoms with van der Waals surface area (Å²) in [5.41, 5.74) is 1.18. The maximum absolute atomic E-state index is 14.7. The Morgan fingerprint density at radius 1 is 1.27 bits per heavy atom. The molecule has 0 unspecified atom stereocenters. The van der Waals surface area contributed by atoms with Gasteiger partial charge in [-0.3, -0.25) is 4.79 Å². The van der Waals surface area contributed by atoms with Crippen molar-refractivity contribution in [2.45, 2.75) is 26.2 Å². The van der Waals surface area contributed by atoms with Gasteiger partial charge in [0.15, 0.2) is 17.9 Å². The topological polar surface area (TPSA) is 46.5 Å². The van der Waals surface area contributed by atoms with Gasteiger partial charge in [0.25, 0.3) is 0 Å². The van der Waals surface area contributed by atoms with Gasteiger partial charge in [-0.25, -0.2) is 8.78 Å². The largest absolute Gasteiger partial charge is 0.494 e. The van der Waals surface area contributed by atoms with Gasteiger partial charge >= 0.3 is 0 Å². The van der Waals surface area contributed by atoms with E-state index in [2.05, 4.69) is 0 Å². The molecule has 0 aromatic heterocycles. The number of aliphatic hydroxyl groups excluding tert-OH is 1. The van der Waals surface area contributed by atoms with E-state index in [4.69, 9.17) is 21.4 Å². The fourth-order valence-electron chi connectivity index (χ4n) is 2.96. The van der Waals surface area contributed by atoms with Crippen molar-refractivity contribution in [1.82, 2.24) is 0 Å². The lowest BCUT2D eigenvalue weighted by Gasteiger charge is -2.18. The van der Waals surface area contributed by atoms with Crippen LogP contribution in [-0.4, -0.2) is 25.1 Å². The van der Waals surface area contributed by atoms with Crippen LogP contribution in [0, 0.1) is 17.6 Å². The Morgan fingerprint density at radius 2 is 2.00 bits per heavy atom. The summed E-state index contributed by atoms with van der Waals surface area (Å²) in [6.45, 7) is 1.84. The highest BCUT2D eigenvalue weighted by Gasteiger charge is 2.21. The van der Waals surface area contributed by atoms with Gasteiger partial charge in [-0.2, -0.15) is 0 Å². The molecule has 26 heavy (non-hydrogen) atoms. The van der Waals surface area contributed by atoms with Crippen LogP contribution in [0.1, 0.15) is 40.4 Å². The highest BCUT2D eigenvalue weighted by molar-refractivity contribution is 6.30. The number of methoxy groups -OCH3 is 1. The number of hydrogen-bond acceptors (Lipinski definition) is 3. The van der Waals surface area contributed by atoms with Crippen LogP contribution in [0.15, 0.2) is 24.3 Å². The molecule has 6 heteroatoms. The second-order valence-electron chi connectivity index (χ2n) is 6.27. The van der Waals surface area contributed by atoms with E-state index in [9.17, 15) is 13.6 Å². The lowest BCUT2D eigenvalue weighted by molar-refractivity contribution is 0.112. The molecule has 2 aromatic rings. The van der Waals surface area contributed by atoms with Crippen molar-refractivity contribution >= 4 is 17.9 Å². The molecule has 0 saturated heterocycles. The fraction of sp³-hybridized carbons (Fsp3) is 0.350. The number of hydrogen-bond donors (Lipinski definition) is 1.